The van der Waals surface area contributed by atoms with Gasteiger partial charge < -0.3 is 19.5 Å². The van der Waals surface area contributed by atoms with Crippen molar-refractivity contribution in [2.24, 2.45) is 5.92 Å². The van der Waals surface area contributed by atoms with Crippen LogP contribution < -0.4 is 19.5 Å². The average molecular weight is 494 g/mol. The summed E-state index contributed by atoms with van der Waals surface area (Å²) < 4.78 is 16.5. The Balaban J connectivity index is 1.24. The summed E-state index contributed by atoms with van der Waals surface area (Å²) in [6, 6.07) is 11.7. The maximum Gasteiger partial charge on any atom is 0.325 e. The highest BCUT2D eigenvalue weighted by Gasteiger charge is 2.55. The Morgan fingerprint density at radius 2 is 1.50 bits per heavy atom. The van der Waals surface area contributed by atoms with E-state index >= 15 is 0 Å². The van der Waals surface area contributed by atoms with Gasteiger partial charge in [0.25, 0.3) is 5.91 Å². The number of hydrogen-bond acceptors (Lipinski definition) is 6. The first kappa shape index (κ1) is 24.4. The third kappa shape index (κ3) is 4.17. The number of carbonyl (C=O) groups excluding carboxylic acids is 2. The molecule has 0 aromatic heterocycles. The molecule has 0 bridgehead atoms. The molecule has 2 fully saturated rings. The Hall–Kier alpha value is -3.26. The molecule has 2 saturated heterocycles. The molecule has 2 aromatic rings. The van der Waals surface area contributed by atoms with Crippen molar-refractivity contribution >= 4 is 11.9 Å². The lowest BCUT2D eigenvalue weighted by Crippen LogP contribution is -2.54. The van der Waals surface area contributed by atoms with Gasteiger partial charge in [0.1, 0.15) is 11.3 Å². The molecule has 3 amide bonds. The van der Waals surface area contributed by atoms with Crippen LogP contribution in [0.3, 0.4) is 0 Å². The molecule has 192 valence electrons. The molecule has 5 rings (SSSR count). The van der Waals surface area contributed by atoms with Crippen LogP contribution in [0.4, 0.5) is 4.79 Å². The first-order chi connectivity index (χ1) is 17.4. The fourth-order valence-electron chi connectivity index (χ4n) is 6.13. The number of benzene rings is 2. The molecule has 2 aliphatic heterocycles. The van der Waals surface area contributed by atoms with Crippen LogP contribution >= 0.6 is 0 Å². The molecule has 0 spiro atoms. The van der Waals surface area contributed by atoms with Gasteiger partial charge in [0.2, 0.25) is 0 Å². The van der Waals surface area contributed by atoms with Crippen LogP contribution in [-0.4, -0.2) is 67.7 Å². The minimum Gasteiger partial charge on any atom is -0.496 e. The number of piperidine rings is 1. The molecule has 0 radical (unpaired) electrons. The molecule has 3 aliphatic rings. The van der Waals surface area contributed by atoms with Crippen molar-refractivity contribution in [2.45, 2.75) is 50.7 Å². The minimum atomic E-state index is -0.862. The Labute approximate surface area is 212 Å². The fourth-order valence-corrected chi connectivity index (χ4v) is 6.13. The predicted octanol–water partition coefficient (Wildman–Crippen LogP) is 3.40. The molecule has 1 unspecified atom stereocenters. The zero-order valence-corrected chi connectivity index (χ0v) is 21.5. The first-order valence-corrected chi connectivity index (χ1v) is 12.6. The van der Waals surface area contributed by atoms with Crippen molar-refractivity contribution in [2.75, 3.05) is 34.4 Å². The molecule has 2 aromatic carbocycles. The van der Waals surface area contributed by atoms with Crippen molar-refractivity contribution in [1.29, 1.82) is 0 Å². The molecule has 0 saturated carbocycles. The quantitative estimate of drug-likeness (QED) is 0.596. The van der Waals surface area contributed by atoms with E-state index in [1.54, 1.807) is 21.3 Å². The molecule has 8 heteroatoms. The number of nitrogens with one attached hydrogen (secondary N) is 1. The highest BCUT2D eigenvalue weighted by atomic mass is 16.5. The average Bonchev–Trinajstić information content (AvgIpc) is 3.41. The van der Waals surface area contributed by atoms with E-state index in [0.29, 0.717) is 18.0 Å². The number of ether oxygens (including phenoxy) is 3. The van der Waals surface area contributed by atoms with Gasteiger partial charge in [0.05, 0.1) is 21.3 Å². The van der Waals surface area contributed by atoms with Crippen molar-refractivity contribution in [3.05, 3.63) is 53.1 Å². The summed E-state index contributed by atoms with van der Waals surface area (Å²) in [5.74, 6) is 2.07. The molecular formula is C28H35N3O5. The van der Waals surface area contributed by atoms with E-state index in [1.165, 1.54) is 16.0 Å². The number of carbonyl (C=O) groups is 2. The largest absolute Gasteiger partial charge is 0.496 e. The monoisotopic (exact) mass is 493 g/mol. The molecular weight excluding hydrogens is 458 g/mol. The van der Waals surface area contributed by atoms with Crippen LogP contribution in [0.25, 0.3) is 0 Å². The zero-order valence-electron chi connectivity index (χ0n) is 21.5. The normalized spacial score (nSPS) is 23.1. The van der Waals surface area contributed by atoms with E-state index in [2.05, 4.69) is 22.3 Å². The van der Waals surface area contributed by atoms with Crippen LogP contribution in [0.15, 0.2) is 36.4 Å². The minimum absolute atomic E-state index is 0.0784. The van der Waals surface area contributed by atoms with E-state index < -0.39 is 5.54 Å². The number of hydrogen-bond donors (Lipinski definition) is 1. The van der Waals surface area contributed by atoms with Gasteiger partial charge in [-0.15, -0.1) is 0 Å². The fraction of sp³-hybridized carbons (Fsp3) is 0.500. The van der Waals surface area contributed by atoms with Gasteiger partial charge in [0, 0.05) is 24.2 Å². The lowest BCUT2D eigenvalue weighted by molar-refractivity contribution is -0.134. The van der Waals surface area contributed by atoms with E-state index in [0.717, 1.165) is 50.1 Å². The standard InChI is InChI=1S/C28H35N3O5/c1-28(26(32)31(27(33)29-28)22-13-18-7-5-6-8-19(18)14-22)21-9-11-30(12-10-21)17-20-15-24(35-3)25(36-4)16-23(20)34-2/h5-8,15-16,21-22H,9-14,17H2,1-4H3,(H,29,33). The number of urea groups is 1. The second kappa shape index (κ2) is 9.65. The summed E-state index contributed by atoms with van der Waals surface area (Å²) in [7, 11) is 4.89. The van der Waals surface area contributed by atoms with Gasteiger partial charge in [-0.05, 0) is 68.8 Å². The molecule has 1 aliphatic carbocycles. The Kier molecular flexibility index (Phi) is 6.55. The number of amides is 3. The van der Waals surface area contributed by atoms with Crippen molar-refractivity contribution in [3.63, 3.8) is 0 Å². The van der Waals surface area contributed by atoms with E-state index in [9.17, 15) is 9.59 Å². The second-order valence-corrected chi connectivity index (χ2v) is 10.2. The van der Waals surface area contributed by atoms with Crippen molar-refractivity contribution in [1.82, 2.24) is 15.1 Å². The van der Waals surface area contributed by atoms with Crippen LogP contribution in [0.5, 0.6) is 17.2 Å². The number of methoxy groups -OCH3 is 3. The van der Waals surface area contributed by atoms with Crippen LogP contribution in [0.2, 0.25) is 0 Å². The zero-order chi connectivity index (χ0) is 25.4. The Morgan fingerprint density at radius 3 is 2.08 bits per heavy atom. The lowest BCUT2D eigenvalue weighted by atomic mass is 9.78. The smallest absolute Gasteiger partial charge is 0.325 e. The Morgan fingerprint density at radius 1 is 0.917 bits per heavy atom. The van der Waals surface area contributed by atoms with E-state index in [-0.39, 0.29) is 23.9 Å². The molecule has 2 heterocycles. The number of nitrogens with zero attached hydrogens (tertiary/aromatic N) is 2. The first-order valence-electron chi connectivity index (χ1n) is 12.6. The highest BCUT2D eigenvalue weighted by Crippen LogP contribution is 2.39. The van der Waals surface area contributed by atoms with E-state index in [4.69, 9.17) is 14.2 Å². The van der Waals surface area contributed by atoms with Crippen molar-refractivity contribution < 1.29 is 23.8 Å². The maximum absolute atomic E-state index is 13.6. The van der Waals surface area contributed by atoms with Gasteiger partial charge in [-0.3, -0.25) is 14.6 Å². The lowest BCUT2D eigenvalue weighted by Gasteiger charge is -2.39. The van der Waals surface area contributed by atoms with Crippen LogP contribution in [-0.2, 0) is 24.2 Å². The summed E-state index contributed by atoms with van der Waals surface area (Å²) in [5.41, 5.74) is 2.63. The van der Waals surface area contributed by atoms with E-state index in [1.807, 2.05) is 31.2 Å². The molecule has 8 nitrogen and oxygen atoms in total. The molecule has 1 atom stereocenters. The van der Waals surface area contributed by atoms with Gasteiger partial charge in [-0.2, -0.15) is 0 Å². The maximum atomic E-state index is 13.6. The number of likely N-dealkylation sites (tertiary alicyclic amines) is 1. The predicted molar refractivity (Wildman–Crippen MR) is 136 cm³/mol. The van der Waals surface area contributed by atoms with Gasteiger partial charge >= 0.3 is 6.03 Å². The van der Waals surface area contributed by atoms with Gasteiger partial charge in [-0.1, -0.05) is 24.3 Å². The third-order valence-corrected chi connectivity index (χ3v) is 8.23. The third-order valence-electron chi connectivity index (χ3n) is 8.23. The number of fused-ring (bicyclic) bond motifs is 1. The summed E-state index contributed by atoms with van der Waals surface area (Å²) in [6.45, 7) is 4.28. The van der Waals surface area contributed by atoms with Crippen LogP contribution in [0, 0.1) is 5.92 Å². The Bertz CT molecular complexity index is 1130. The topological polar surface area (TPSA) is 80.3 Å². The summed E-state index contributed by atoms with van der Waals surface area (Å²) in [5, 5.41) is 3.08. The van der Waals surface area contributed by atoms with Crippen LogP contribution in [0.1, 0.15) is 36.5 Å². The molecule has 36 heavy (non-hydrogen) atoms. The molecule has 1 N–H and O–H groups in total. The highest BCUT2D eigenvalue weighted by molar-refractivity contribution is 6.07. The number of imide groups is 1. The number of rotatable bonds is 7. The summed E-state index contributed by atoms with van der Waals surface area (Å²) >= 11 is 0. The SMILES string of the molecule is COc1cc(OC)c(OC)cc1CN1CCC(C2(C)NC(=O)N(C3Cc4ccccc4C3)C2=O)CC1. The van der Waals surface area contributed by atoms with Gasteiger partial charge in [-0.25, -0.2) is 4.79 Å². The summed E-state index contributed by atoms with van der Waals surface area (Å²) in [6.07, 6.45) is 3.13. The van der Waals surface area contributed by atoms with Gasteiger partial charge in [0.15, 0.2) is 11.5 Å². The summed E-state index contributed by atoms with van der Waals surface area (Å²) in [4.78, 5) is 30.5. The van der Waals surface area contributed by atoms with Crippen molar-refractivity contribution in [3.8, 4) is 17.2 Å². The second-order valence-electron chi connectivity index (χ2n) is 10.2.